The van der Waals surface area contributed by atoms with Crippen molar-refractivity contribution in [1.29, 1.82) is 0 Å². The van der Waals surface area contributed by atoms with Crippen molar-refractivity contribution in [1.82, 2.24) is 10.6 Å². The third kappa shape index (κ3) is 2.55. The van der Waals surface area contributed by atoms with Crippen LogP contribution < -0.4 is 10.6 Å². The lowest BCUT2D eigenvalue weighted by Gasteiger charge is -2.56. The highest BCUT2D eigenvalue weighted by Crippen LogP contribution is 2.60. The van der Waals surface area contributed by atoms with Gasteiger partial charge in [0.25, 0.3) is 0 Å². The summed E-state index contributed by atoms with van der Waals surface area (Å²) in [6.45, 7) is 2.99. The van der Waals surface area contributed by atoms with Crippen LogP contribution in [0.5, 0.6) is 0 Å². The van der Waals surface area contributed by atoms with Gasteiger partial charge >= 0.3 is 6.03 Å². The lowest BCUT2D eigenvalue weighted by Crippen LogP contribution is -2.69. The highest BCUT2D eigenvalue weighted by molar-refractivity contribution is 5.75. The molecule has 4 unspecified atom stereocenters. The fraction of sp³-hybridized carbons (Fsp3) is 0.938. The Bertz CT molecular complexity index is 382. The van der Waals surface area contributed by atoms with E-state index in [1.165, 1.54) is 25.7 Å². The number of urea groups is 1. The van der Waals surface area contributed by atoms with Gasteiger partial charge in [0.15, 0.2) is 0 Å². The van der Waals surface area contributed by atoms with Crippen LogP contribution >= 0.6 is 0 Å². The van der Waals surface area contributed by atoms with Crippen LogP contribution in [0.2, 0.25) is 0 Å². The van der Waals surface area contributed by atoms with Crippen LogP contribution in [0.4, 0.5) is 4.79 Å². The molecule has 1 spiro atoms. The zero-order chi connectivity index (χ0) is 14.9. The smallest absolute Gasteiger partial charge is 0.315 e. The SMILES string of the molecule is CCC(CCO)NC(=O)NC1C2CCOC2C12CCCC2. The highest BCUT2D eigenvalue weighted by Gasteiger charge is 2.65. The van der Waals surface area contributed by atoms with Crippen molar-refractivity contribution in [2.75, 3.05) is 13.2 Å². The van der Waals surface area contributed by atoms with Crippen molar-refractivity contribution in [2.24, 2.45) is 11.3 Å². The van der Waals surface area contributed by atoms with Gasteiger partial charge in [-0.25, -0.2) is 4.79 Å². The number of hydrogen-bond acceptors (Lipinski definition) is 3. The third-order valence-corrected chi connectivity index (χ3v) is 5.88. The van der Waals surface area contributed by atoms with Gasteiger partial charge in [0.2, 0.25) is 0 Å². The molecule has 3 N–H and O–H groups in total. The molecule has 120 valence electrons. The van der Waals surface area contributed by atoms with Crippen molar-refractivity contribution in [3.8, 4) is 0 Å². The molecule has 5 heteroatoms. The van der Waals surface area contributed by atoms with E-state index < -0.39 is 0 Å². The molecule has 3 rings (SSSR count). The fourth-order valence-electron chi connectivity index (χ4n) is 4.81. The van der Waals surface area contributed by atoms with Gasteiger partial charge in [0.1, 0.15) is 0 Å². The molecule has 2 aliphatic carbocycles. The van der Waals surface area contributed by atoms with E-state index in [9.17, 15) is 4.79 Å². The second kappa shape index (κ2) is 6.13. The Labute approximate surface area is 126 Å². The molecule has 0 radical (unpaired) electrons. The average Bonchev–Trinajstić information content (AvgIpc) is 3.12. The Morgan fingerprint density at radius 1 is 1.43 bits per heavy atom. The van der Waals surface area contributed by atoms with Crippen molar-refractivity contribution >= 4 is 6.03 Å². The lowest BCUT2D eigenvalue weighted by atomic mass is 9.54. The van der Waals surface area contributed by atoms with Gasteiger partial charge in [0, 0.05) is 36.6 Å². The topological polar surface area (TPSA) is 70.6 Å². The summed E-state index contributed by atoms with van der Waals surface area (Å²) in [7, 11) is 0. The molecule has 0 aromatic carbocycles. The Morgan fingerprint density at radius 3 is 2.86 bits per heavy atom. The first-order valence-electron chi connectivity index (χ1n) is 8.51. The first kappa shape index (κ1) is 15.1. The molecule has 1 heterocycles. The van der Waals surface area contributed by atoms with Gasteiger partial charge in [0.05, 0.1) is 6.10 Å². The second-order valence-corrected chi connectivity index (χ2v) is 6.90. The average molecular weight is 296 g/mol. The zero-order valence-corrected chi connectivity index (χ0v) is 12.9. The number of aliphatic hydroxyl groups is 1. The minimum atomic E-state index is -0.0723. The minimum Gasteiger partial charge on any atom is -0.396 e. The van der Waals surface area contributed by atoms with E-state index in [4.69, 9.17) is 9.84 Å². The van der Waals surface area contributed by atoms with Gasteiger partial charge in [-0.05, 0) is 32.1 Å². The van der Waals surface area contributed by atoms with E-state index in [-0.39, 0.29) is 30.1 Å². The summed E-state index contributed by atoms with van der Waals surface area (Å²) in [5.41, 5.74) is 0.206. The predicted octanol–water partition coefficient (Wildman–Crippen LogP) is 1.79. The number of hydrogen-bond donors (Lipinski definition) is 3. The van der Waals surface area contributed by atoms with Crippen molar-refractivity contribution in [2.45, 2.75) is 70.1 Å². The maximum atomic E-state index is 12.3. The Balaban J connectivity index is 1.59. The molecule has 3 fully saturated rings. The van der Waals surface area contributed by atoms with E-state index in [2.05, 4.69) is 10.6 Å². The second-order valence-electron chi connectivity index (χ2n) is 6.90. The fourth-order valence-corrected chi connectivity index (χ4v) is 4.81. The molecule has 1 aliphatic heterocycles. The minimum absolute atomic E-state index is 0.0604. The molecule has 0 aromatic rings. The maximum Gasteiger partial charge on any atom is 0.315 e. The van der Waals surface area contributed by atoms with E-state index in [1.807, 2.05) is 6.92 Å². The van der Waals surface area contributed by atoms with E-state index in [1.54, 1.807) is 0 Å². The van der Waals surface area contributed by atoms with Crippen LogP contribution in [0.15, 0.2) is 0 Å². The molecular formula is C16H28N2O3. The first-order valence-corrected chi connectivity index (χ1v) is 8.51. The molecule has 21 heavy (non-hydrogen) atoms. The number of amides is 2. The normalized spacial score (nSPS) is 34.3. The van der Waals surface area contributed by atoms with Gasteiger partial charge in [-0.1, -0.05) is 19.8 Å². The first-order chi connectivity index (χ1) is 10.2. The van der Waals surface area contributed by atoms with Gasteiger partial charge in [-0.15, -0.1) is 0 Å². The molecule has 3 aliphatic rings. The predicted molar refractivity (Wildman–Crippen MR) is 80.0 cm³/mol. The van der Waals surface area contributed by atoms with Crippen LogP contribution in [-0.2, 0) is 4.74 Å². The summed E-state index contributed by atoms with van der Waals surface area (Å²) < 4.78 is 5.94. The molecule has 2 saturated carbocycles. The Morgan fingerprint density at radius 2 is 2.19 bits per heavy atom. The summed E-state index contributed by atoms with van der Waals surface area (Å²) >= 11 is 0. The van der Waals surface area contributed by atoms with Gasteiger partial charge < -0.3 is 20.5 Å². The summed E-state index contributed by atoms with van der Waals surface area (Å²) in [6.07, 6.45) is 7.81. The maximum absolute atomic E-state index is 12.3. The molecule has 1 saturated heterocycles. The third-order valence-electron chi connectivity index (χ3n) is 5.88. The number of ether oxygens (including phenoxy) is 1. The van der Waals surface area contributed by atoms with Gasteiger partial charge in [-0.3, -0.25) is 0 Å². The van der Waals surface area contributed by atoms with E-state index >= 15 is 0 Å². The van der Waals surface area contributed by atoms with Crippen molar-refractivity contribution in [3.05, 3.63) is 0 Å². The van der Waals surface area contributed by atoms with E-state index in [0.29, 0.717) is 18.4 Å². The summed E-state index contributed by atoms with van der Waals surface area (Å²) in [6, 6.07) is 0.265. The largest absolute Gasteiger partial charge is 0.396 e. The van der Waals surface area contributed by atoms with Crippen LogP contribution in [0.25, 0.3) is 0 Å². The van der Waals surface area contributed by atoms with E-state index in [0.717, 1.165) is 19.4 Å². The number of carbonyl (C=O) groups excluding carboxylic acids is 1. The van der Waals surface area contributed by atoms with Gasteiger partial charge in [-0.2, -0.15) is 0 Å². The number of fused-ring (bicyclic) bond motifs is 2. The van der Waals surface area contributed by atoms with Crippen LogP contribution in [0.3, 0.4) is 0 Å². The van der Waals surface area contributed by atoms with Crippen molar-refractivity contribution in [3.63, 3.8) is 0 Å². The zero-order valence-electron chi connectivity index (χ0n) is 12.9. The number of nitrogens with one attached hydrogen (secondary N) is 2. The monoisotopic (exact) mass is 296 g/mol. The quantitative estimate of drug-likeness (QED) is 0.724. The van der Waals surface area contributed by atoms with Crippen LogP contribution in [0, 0.1) is 11.3 Å². The highest BCUT2D eigenvalue weighted by atomic mass is 16.5. The number of carbonyl (C=O) groups is 1. The molecule has 4 atom stereocenters. The van der Waals surface area contributed by atoms with Crippen molar-refractivity contribution < 1.29 is 14.6 Å². The molecule has 0 bridgehead atoms. The standard InChI is InChI=1S/C16H28N2O3/c1-2-11(5-9-19)17-15(20)18-13-12-6-10-21-14(12)16(13)7-3-4-8-16/h11-14,19H,2-10H2,1H3,(H2,17,18,20). The number of aliphatic hydroxyl groups excluding tert-OH is 1. The Hall–Kier alpha value is -0.810. The molecule has 2 amide bonds. The summed E-state index contributed by atoms with van der Waals surface area (Å²) in [4.78, 5) is 12.3. The summed E-state index contributed by atoms with van der Waals surface area (Å²) in [5.74, 6) is 0.506. The number of rotatable bonds is 5. The molecule has 0 aromatic heterocycles. The Kier molecular flexibility index (Phi) is 4.41. The molecule has 5 nitrogen and oxygen atoms in total. The van der Waals surface area contributed by atoms with Crippen LogP contribution in [-0.4, -0.2) is 42.5 Å². The lowest BCUT2D eigenvalue weighted by molar-refractivity contribution is -0.126. The molecular weight excluding hydrogens is 268 g/mol. The summed E-state index contributed by atoms with van der Waals surface area (Å²) in [5, 5.41) is 15.3. The van der Waals surface area contributed by atoms with Crippen LogP contribution in [0.1, 0.15) is 51.9 Å².